The van der Waals surface area contributed by atoms with E-state index in [2.05, 4.69) is 4.74 Å². The first-order chi connectivity index (χ1) is 11.1. The zero-order chi connectivity index (χ0) is 15.7. The van der Waals surface area contributed by atoms with Gasteiger partial charge in [-0.05, 0) is 35.4 Å². The van der Waals surface area contributed by atoms with Crippen LogP contribution in [-0.2, 0) is 14.2 Å². The molecule has 5 rings (SSSR count). The van der Waals surface area contributed by atoms with Gasteiger partial charge in [-0.25, -0.2) is 14.4 Å². The molecular weight excluding hydrogens is 300 g/mol. The number of ether oxygens (including phenoxy) is 3. The van der Waals surface area contributed by atoms with Crippen LogP contribution in [0.2, 0.25) is 0 Å². The van der Waals surface area contributed by atoms with Crippen LogP contribution in [0.25, 0.3) is 11.1 Å². The lowest BCUT2D eigenvalue weighted by Crippen LogP contribution is -2.15. The predicted octanol–water partition coefficient (Wildman–Crippen LogP) is 2.23. The zero-order valence-corrected chi connectivity index (χ0v) is 11.6. The summed E-state index contributed by atoms with van der Waals surface area (Å²) in [6.45, 7) is 0. The molecule has 0 amide bonds. The Morgan fingerprint density at radius 3 is 2.26 bits per heavy atom. The van der Waals surface area contributed by atoms with Crippen LogP contribution in [0.5, 0.6) is 0 Å². The summed E-state index contributed by atoms with van der Waals surface area (Å²) < 4.78 is 15.0. The third kappa shape index (κ3) is 1.69. The lowest BCUT2D eigenvalue weighted by atomic mass is 9.94. The SMILES string of the molecule is O=C1OC(=O)c2cc(-c3ccc4c(c3)C3OC3OC4=O)ccc21. The first-order valence-corrected chi connectivity index (χ1v) is 7.03. The van der Waals surface area contributed by atoms with Crippen LogP contribution >= 0.6 is 0 Å². The molecule has 0 bridgehead atoms. The molecule has 1 saturated heterocycles. The maximum absolute atomic E-state index is 11.8. The minimum atomic E-state index is -0.640. The molecule has 0 aliphatic carbocycles. The van der Waals surface area contributed by atoms with Crippen molar-refractivity contribution in [2.24, 2.45) is 0 Å². The number of epoxide rings is 1. The molecule has 6 nitrogen and oxygen atoms in total. The minimum Gasteiger partial charge on any atom is -0.429 e. The highest BCUT2D eigenvalue weighted by molar-refractivity contribution is 6.15. The highest BCUT2D eigenvalue weighted by Crippen LogP contribution is 2.46. The van der Waals surface area contributed by atoms with Crippen LogP contribution < -0.4 is 0 Å². The van der Waals surface area contributed by atoms with Crippen molar-refractivity contribution in [1.82, 2.24) is 0 Å². The van der Waals surface area contributed by atoms with Crippen LogP contribution in [0.4, 0.5) is 0 Å². The van der Waals surface area contributed by atoms with Crippen molar-refractivity contribution in [3.63, 3.8) is 0 Å². The average molecular weight is 308 g/mol. The quantitative estimate of drug-likeness (QED) is 0.456. The van der Waals surface area contributed by atoms with Gasteiger partial charge in [0.05, 0.1) is 16.7 Å². The standard InChI is InChI=1S/C17H8O6/c18-14-10-4-2-8(6-12(10)16(20)22-14)7-1-3-9-11(5-7)13-17(21-13)23-15(9)19/h1-6,13,17H. The first-order valence-electron chi connectivity index (χ1n) is 7.03. The Kier molecular flexibility index (Phi) is 2.21. The maximum atomic E-state index is 11.8. The molecule has 2 unspecified atom stereocenters. The van der Waals surface area contributed by atoms with Crippen molar-refractivity contribution in [2.45, 2.75) is 12.4 Å². The Bertz CT molecular complexity index is 929. The molecule has 0 spiro atoms. The van der Waals surface area contributed by atoms with Crippen LogP contribution in [0.3, 0.4) is 0 Å². The van der Waals surface area contributed by atoms with Gasteiger partial charge in [-0.15, -0.1) is 0 Å². The predicted molar refractivity (Wildman–Crippen MR) is 74.7 cm³/mol. The number of fused-ring (bicyclic) bond motifs is 4. The van der Waals surface area contributed by atoms with Crippen molar-refractivity contribution in [1.29, 1.82) is 0 Å². The summed E-state index contributed by atoms with van der Waals surface area (Å²) in [6.07, 6.45) is -0.707. The number of cyclic esters (lactones) is 2. The van der Waals surface area contributed by atoms with E-state index in [4.69, 9.17) is 9.47 Å². The smallest absolute Gasteiger partial charge is 0.346 e. The van der Waals surface area contributed by atoms with E-state index >= 15 is 0 Å². The highest BCUT2D eigenvalue weighted by atomic mass is 16.8. The number of esters is 3. The fourth-order valence-electron chi connectivity index (χ4n) is 3.01. The van der Waals surface area contributed by atoms with Gasteiger partial charge in [0, 0.05) is 5.56 Å². The van der Waals surface area contributed by atoms with Crippen LogP contribution in [0, 0.1) is 0 Å². The van der Waals surface area contributed by atoms with Gasteiger partial charge in [0.25, 0.3) is 0 Å². The normalized spacial score (nSPS) is 23.6. The molecule has 0 radical (unpaired) electrons. The van der Waals surface area contributed by atoms with Gasteiger partial charge in [0.2, 0.25) is 6.29 Å². The summed E-state index contributed by atoms with van der Waals surface area (Å²) in [6, 6.07) is 10.2. The number of carbonyl (C=O) groups is 3. The van der Waals surface area contributed by atoms with E-state index < -0.39 is 24.2 Å². The van der Waals surface area contributed by atoms with Gasteiger partial charge in [-0.2, -0.15) is 0 Å². The lowest BCUT2D eigenvalue weighted by Gasteiger charge is -2.13. The second-order valence-electron chi connectivity index (χ2n) is 5.57. The van der Waals surface area contributed by atoms with Gasteiger partial charge in [0.1, 0.15) is 0 Å². The highest BCUT2D eigenvalue weighted by Gasteiger charge is 2.50. The number of rotatable bonds is 1. The molecular formula is C17H8O6. The van der Waals surface area contributed by atoms with Crippen LogP contribution in [0.1, 0.15) is 42.7 Å². The summed E-state index contributed by atoms with van der Waals surface area (Å²) in [5.41, 5.74) is 3.37. The van der Waals surface area contributed by atoms with Gasteiger partial charge in [-0.1, -0.05) is 12.1 Å². The summed E-state index contributed by atoms with van der Waals surface area (Å²) in [4.78, 5) is 35.0. The molecule has 2 aromatic carbocycles. The molecule has 1 fully saturated rings. The van der Waals surface area contributed by atoms with Gasteiger partial charge in [0.15, 0.2) is 6.10 Å². The molecule has 3 aliphatic heterocycles. The van der Waals surface area contributed by atoms with E-state index in [1.54, 1.807) is 30.3 Å². The Labute approximate surface area is 129 Å². The number of benzene rings is 2. The monoisotopic (exact) mass is 308 g/mol. The molecule has 0 aromatic heterocycles. The maximum Gasteiger partial charge on any atom is 0.346 e. The fourth-order valence-corrected chi connectivity index (χ4v) is 3.01. The Balaban J connectivity index is 1.62. The topological polar surface area (TPSA) is 82.2 Å². The van der Waals surface area contributed by atoms with E-state index in [0.717, 1.165) is 16.7 Å². The fraction of sp³-hybridized carbons (Fsp3) is 0.118. The summed E-state index contributed by atoms with van der Waals surface area (Å²) in [5.74, 6) is -1.66. The van der Waals surface area contributed by atoms with Crippen LogP contribution in [-0.4, -0.2) is 24.2 Å². The molecule has 3 aliphatic rings. The van der Waals surface area contributed by atoms with Crippen molar-refractivity contribution >= 4 is 17.9 Å². The second kappa shape index (κ2) is 4.05. The van der Waals surface area contributed by atoms with E-state index in [1.165, 1.54) is 0 Å². The third-order valence-corrected chi connectivity index (χ3v) is 4.23. The molecule has 23 heavy (non-hydrogen) atoms. The molecule has 2 atom stereocenters. The Hall–Kier alpha value is -2.99. The molecule has 3 heterocycles. The number of hydrogen-bond donors (Lipinski definition) is 0. The summed E-state index contributed by atoms with van der Waals surface area (Å²) in [7, 11) is 0. The summed E-state index contributed by atoms with van der Waals surface area (Å²) >= 11 is 0. The van der Waals surface area contributed by atoms with Crippen molar-refractivity contribution < 1.29 is 28.6 Å². The minimum absolute atomic E-state index is 0.219. The molecule has 6 heteroatoms. The molecule has 2 aromatic rings. The van der Waals surface area contributed by atoms with Gasteiger partial charge >= 0.3 is 17.9 Å². The van der Waals surface area contributed by atoms with E-state index in [0.29, 0.717) is 5.56 Å². The summed E-state index contributed by atoms with van der Waals surface area (Å²) in [5, 5.41) is 0. The van der Waals surface area contributed by atoms with E-state index in [9.17, 15) is 14.4 Å². The Morgan fingerprint density at radius 1 is 0.739 bits per heavy atom. The largest absolute Gasteiger partial charge is 0.429 e. The first kappa shape index (κ1) is 12.5. The van der Waals surface area contributed by atoms with Gasteiger partial charge in [-0.3, -0.25) is 0 Å². The number of hydrogen-bond acceptors (Lipinski definition) is 6. The number of carbonyl (C=O) groups excluding carboxylic acids is 3. The Morgan fingerprint density at radius 2 is 1.43 bits per heavy atom. The van der Waals surface area contributed by atoms with E-state index in [-0.39, 0.29) is 17.2 Å². The van der Waals surface area contributed by atoms with Crippen molar-refractivity contribution in [2.75, 3.05) is 0 Å². The van der Waals surface area contributed by atoms with E-state index in [1.807, 2.05) is 6.07 Å². The molecule has 0 saturated carbocycles. The zero-order valence-electron chi connectivity index (χ0n) is 11.6. The second-order valence-corrected chi connectivity index (χ2v) is 5.57. The van der Waals surface area contributed by atoms with Crippen molar-refractivity contribution in [3.05, 3.63) is 58.7 Å². The van der Waals surface area contributed by atoms with Crippen molar-refractivity contribution in [3.8, 4) is 11.1 Å². The molecule has 0 N–H and O–H groups in total. The average Bonchev–Trinajstić information content (AvgIpc) is 3.27. The third-order valence-electron chi connectivity index (χ3n) is 4.23. The van der Waals surface area contributed by atoms with Crippen LogP contribution in [0.15, 0.2) is 36.4 Å². The van der Waals surface area contributed by atoms with Gasteiger partial charge < -0.3 is 14.2 Å². The molecule has 112 valence electrons. The lowest BCUT2D eigenvalue weighted by molar-refractivity contribution is 0.0290.